The van der Waals surface area contributed by atoms with Crippen LogP contribution in [0.5, 0.6) is 0 Å². The zero-order chi connectivity index (χ0) is 12.6. The smallest absolute Gasteiger partial charge is 0.157 e. The fourth-order valence-corrected chi connectivity index (χ4v) is 4.05. The van der Waals surface area contributed by atoms with E-state index in [0.29, 0.717) is 12.3 Å². The van der Waals surface area contributed by atoms with Crippen LogP contribution < -0.4 is 5.32 Å². The number of hydrogen-bond acceptors (Lipinski definition) is 5. The SMILES string of the molecule is O=S1(=O)CCC(CNc2ccn3nccc3n2)C1. The Labute approximate surface area is 105 Å². The molecular formula is C11H14N4O2S. The van der Waals surface area contributed by atoms with E-state index < -0.39 is 9.84 Å². The molecule has 6 nitrogen and oxygen atoms in total. The van der Waals surface area contributed by atoms with Gasteiger partial charge in [-0.15, -0.1) is 0 Å². The monoisotopic (exact) mass is 266 g/mol. The minimum absolute atomic E-state index is 0.193. The first-order chi connectivity index (χ1) is 8.62. The van der Waals surface area contributed by atoms with Gasteiger partial charge in [0.2, 0.25) is 0 Å². The summed E-state index contributed by atoms with van der Waals surface area (Å²) in [6.45, 7) is 0.649. The minimum Gasteiger partial charge on any atom is -0.370 e. The largest absolute Gasteiger partial charge is 0.370 e. The Morgan fingerprint density at radius 2 is 2.33 bits per heavy atom. The molecule has 18 heavy (non-hydrogen) atoms. The fourth-order valence-electron chi connectivity index (χ4n) is 2.19. The number of nitrogens with zero attached hydrogens (tertiary/aromatic N) is 3. The van der Waals surface area contributed by atoms with Crippen LogP contribution >= 0.6 is 0 Å². The van der Waals surface area contributed by atoms with Gasteiger partial charge in [0.25, 0.3) is 0 Å². The van der Waals surface area contributed by atoms with Crippen LogP contribution in [0, 0.1) is 5.92 Å². The van der Waals surface area contributed by atoms with Crippen LogP contribution in [0.15, 0.2) is 24.5 Å². The second kappa shape index (κ2) is 4.24. The van der Waals surface area contributed by atoms with Crippen molar-refractivity contribution < 1.29 is 8.42 Å². The lowest BCUT2D eigenvalue weighted by Crippen LogP contribution is -2.16. The van der Waals surface area contributed by atoms with E-state index in [-0.39, 0.29) is 11.7 Å². The van der Waals surface area contributed by atoms with E-state index in [1.807, 2.05) is 18.3 Å². The van der Waals surface area contributed by atoms with Gasteiger partial charge >= 0.3 is 0 Å². The lowest BCUT2D eigenvalue weighted by atomic mass is 10.1. The van der Waals surface area contributed by atoms with Gasteiger partial charge in [-0.05, 0) is 18.4 Å². The van der Waals surface area contributed by atoms with E-state index >= 15 is 0 Å². The summed E-state index contributed by atoms with van der Waals surface area (Å²) in [6, 6.07) is 3.66. The molecule has 96 valence electrons. The minimum atomic E-state index is -2.80. The van der Waals surface area contributed by atoms with Crippen molar-refractivity contribution in [2.45, 2.75) is 6.42 Å². The first kappa shape index (κ1) is 11.5. The second-order valence-corrected chi connectivity index (χ2v) is 6.83. The standard InChI is InChI=1S/C11H14N4O2S/c16-18(17)6-3-9(8-18)7-12-10-2-5-15-11(14-10)1-4-13-15/h1-2,4-5,9H,3,6-8H2,(H,12,14). The summed E-state index contributed by atoms with van der Waals surface area (Å²) in [5.41, 5.74) is 0.777. The Kier molecular flexibility index (Phi) is 2.70. The van der Waals surface area contributed by atoms with Crippen molar-refractivity contribution in [1.29, 1.82) is 0 Å². The summed E-state index contributed by atoms with van der Waals surface area (Å²) in [4.78, 5) is 4.37. The molecule has 1 fully saturated rings. The van der Waals surface area contributed by atoms with Gasteiger partial charge in [-0.3, -0.25) is 0 Å². The molecule has 3 heterocycles. The van der Waals surface area contributed by atoms with Crippen LogP contribution in [0.25, 0.3) is 5.65 Å². The molecular weight excluding hydrogens is 252 g/mol. The van der Waals surface area contributed by atoms with Crippen LogP contribution in [-0.4, -0.2) is 41.1 Å². The van der Waals surface area contributed by atoms with E-state index in [4.69, 9.17) is 0 Å². The zero-order valence-electron chi connectivity index (χ0n) is 9.78. The van der Waals surface area contributed by atoms with Crippen molar-refractivity contribution in [3.05, 3.63) is 24.5 Å². The predicted molar refractivity (Wildman–Crippen MR) is 68.2 cm³/mol. The summed E-state index contributed by atoms with van der Waals surface area (Å²) in [7, 11) is -2.80. The van der Waals surface area contributed by atoms with Gasteiger partial charge in [-0.25, -0.2) is 17.9 Å². The number of hydrogen-bond donors (Lipinski definition) is 1. The third kappa shape index (κ3) is 2.31. The summed E-state index contributed by atoms with van der Waals surface area (Å²) in [5, 5.41) is 7.25. The molecule has 1 N–H and O–H groups in total. The molecule has 0 spiro atoms. The van der Waals surface area contributed by atoms with Gasteiger partial charge < -0.3 is 5.32 Å². The summed E-state index contributed by atoms with van der Waals surface area (Å²) < 4.78 is 24.4. The van der Waals surface area contributed by atoms with Gasteiger partial charge in [0.15, 0.2) is 15.5 Å². The topological polar surface area (TPSA) is 76.4 Å². The highest BCUT2D eigenvalue weighted by Crippen LogP contribution is 2.18. The van der Waals surface area contributed by atoms with Crippen molar-refractivity contribution in [3.63, 3.8) is 0 Å². The molecule has 0 aromatic carbocycles. The molecule has 3 rings (SSSR count). The van der Waals surface area contributed by atoms with Crippen molar-refractivity contribution in [2.24, 2.45) is 5.92 Å². The first-order valence-corrected chi connectivity index (χ1v) is 7.69. The molecule has 0 bridgehead atoms. The first-order valence-electron chi connectivity index (χ1n) is 5.87. The van der Waals surface area contributed by atoms with Crippen molar-refractivity contribution in [3.8, 4) is 0 Å². The van der Waals surface area contributed by atoms with Crippen LogP contribution in [0.4, 0.5) is 5.82 Å². The molecule has 1 unspecified atom stereocenters. The van der Waals surface area contributed by atoms with Crippen molar-refractivity contribution in [1.82, 2.24) is 14.6 Å². The molecule has 1 atom stereocenters. The quantitative estimate of drug-likeness (QED) is 0.879. The van der Waals surface area contributed by atoms with E-state index in [9.17, 15) is 8.42 Å². The molecule has 2 aromatic rings. The van der Waals surface area contributed by atoms with Crippen LogP contribution in [0.1, 0.15) is 6.42 Å². The maximum absolute atomic E-state index is 11.3. The normalized spacial score (nSPS) is 22.3. The molecule has 2 aromatic heterocycles. The maximum Gasteiger partial charge on any atom is 0.157 e. The number of aromatic nitrogens is 3. The Hall–Kier alpha value is -1.63. The number of nitrogens with one attached hydrogen (secondary N) is 1. The molecule has 0 amide bonds. The van der Waals surface area contributed by atoms with Gasteiger partial charge in [-0.1, -0.05) is 0 Å². The highest BCUT2D eigenvalue weighted by molar-refractivity contribution is 7.91. The second-order valence-electron chi connectivity index (χ2n) is 4.60. The van der Waals surface area contributed by atoms with E-state index in [2.05, 4.69) is 15.4 Å². The third-order valence-electron chi connectivity index (χ3n) is 3.16. The molecule has 1 saturated heterocycles. The van der Waals surface area contributed by atoms with Gasteiger partial charge in [0.05, 0.1) is 17.7 Å². The van der Waals surface area contributed by atoms with E-state index in [1.165, 1.54) is 0 Å². The van der Waals surface area contributed by atoms with E-state index in [1.54, 1.807) is 10.7 Å². The van der Waals surface area contributed by atoms with Crippen molar-refractivity contribution >= 4 is 21.3 Å². The number of anilines is 1. The lowest BCUT2D eigenvalue weighted by Gasteiger charge is -2.09. The average molecular weight is 266 g/mol. The maximum atomic E-state index is 11.3. The Morgan fingerprint density at radius 1 is 1.44 bits per heavy atom. The summed E-state index contributed by atoms with van der Waals surface area (Å²) in [6.07, 6.45) is 4.26. The van der Waals surface area contributed by atoms with Gasteiger partial charge in [0, 0.05) is 18.8 Å². The Morgan fingerprint density at radius 3 is 3.11 bits per heavy atom. The molecule has 0 saturated carbocycles. The zero-order valence-corrected chi connectivity index (χ0v) is 10.6. The Bertz CT molecular complexity index is 664. The summed E-state index contributed by atoms with van der Waals surface area (Å²) in [5.74, 6) is 1.55. The molecule has 0 radical (unpaired) electrons. The predicted octanol–water partition coefficient (Wildman–Crippen LogP) is 0.576. The highest BCUT2D eigenvalue weighted by atomic mass is 32.2. The molecule has 1 aliphatic rings. The van der Waals surface area contributed by atoms with Crippen LogP contribution in [0.3, 0.4) is 0 Å². The number of rotatable bonds is 3. The van der Waals surface area contributed by atoms with Gasteiger partial charge in [-0.2, -0.15) is 5.10 Å². The molecule has 0 aliphatic carbocycles. The van der Waals surface area contributed by atoms with Gasteiger partial charge in [0.1, 0.15) is 5.82 Å². The molecule has 7 heteroatoms. The fraction of sp³-hybridized carbons (Fsp3) is 0.455. The average Bonchev–Trinajstić information content (AvgIpc) is 2.92. The lowest BCUT2D eigenvalue weighted by molar-refractivity contribution is 0.595. The van der Waals surface area contributed by atoms with E-state index in [0.717, 1.165) is 17.9 Å². The molecule has 1 aliphatic heterocycles. The van der Waals surface area contributed by atoms with Crippen LogP contribution in [-0.2, 0) is 9.84 Å². The number of sulfone groups is 1. The third-order valence-corrected chi connectivity index (χ3v) is 4.99. The highest BCUT2D eigenvalue weighted by Gasteiger charge is 2.27. The Balaban J connectivity index is 1.66. The van der Waals surface area contributed by atoms with Crippen molar-refractivity contribution in [2.75, 3.05) is 23.4 Å². The number of fused-ring (bicyclic) bond motifs is 1. The van der Waals surface area contributed by atoms with Crippen LogP contribution in [0.2, 0.25) is 0 Å². The summed E-state index contributed by atoms with van der Waals surface area (Å²) >= 11 is 0.